The van der Waals surface area contributed by atoms with Crippen LogP contribution in [0, 0.1) is 0 Å². The predicted octanol–water partition coefficient (Wildman–Crippen LogP) is 5.56. The van der Waals surface area contributed by atoms with E-state index >= 15 is 0 Å². The number of carbonyl (C=O) groups excluding carboxylic acids is 1. The molecule has 1 amide bonds. The van der Waals surface area contributed by atoms with Crippen molar-refractivity contribution in [2.45, 2.75) is 25.8 Å². The Balaban J connectivity index is 1.50. The highest BCUT2D eigenvalue weighted by atomic mass is 35.5. The fourth-order valence-corrected chi connectivity index (χ4v) is 5.44. The van der Waals surface area contributed by atoms with E-state index in [1.807, 2.05) is 0 Å². The molecule has 1 aliphatic rings. The summed E-state index contributed by atoms with van der Waals surface area (Å²) in [6.07, 6.45) is 1.89. The van der Waals surface area contributed by atoms with Crippen LogP contribution in [-0.2, 0) is 11.3 Å². The van der Waals surface area contributed by atoms with Gasteiger partial charge in [-0.2, -0.15) is 0 Å². The van der Waals surface area contributed by atoms with Crippen LogP contribution in [0.15, 0.2) is 77.0 Å². The second-order valence-corrected chi connectivity index (χ2v) is 10.9. The largest absolute Gasteiger partial charge is 0.755 e. The molecule has 222 valence electrons. The monoisotopic (exact) mass is 620 g/mol. The number of likely N-dealkylation sites (tertiary alicyclic amines) is 1. The zero-order valence-electron chi connectivity index (χ0n) is 23.5. The van der Waals surface area contributed by atoms with Gasteiger partial charge in [0.25, 0.3) is 0 Å². The Morgan fingerprint density at radius 3 is 2.72 bits per heavy atom. The summed E-state index contributed by atoms with van der Waals surface area (Å²) >= 11 is 3.56. The molecule has 0 bridgehead atoms. The minimum atomic E-state index is -2.87. The van der Waals surface area contributed by atoms with Gasteiger partial charge < -0.3 is 19.5 Å². The van der Waals surface area contributed by atoms with Gasteiger partial charge in [0.1, 0.15) is 16.9 Å². The first-order chi connectivity index (χ1) is 20.9. The van der Waals surface area contributed by atoms with Gasteiger partial charge in [-0.15, -0.1) is 0 Å². The number of fused-ring (bicyclic) bond motifs is 1. The van der Waals surface area contributed by atoms with Crippen LogP contribution in [0.4, 0.5) is 23.0 Å². The zero-order valence-corrected chi connectivity index (χ0v) is 25.1. The van der Waals surface area contributed by atoms with Gasteiger partial charge in [0, 0.05) is 12.6 Å². The third-order valence-electron chi connectivity index (χ3n) is 6.93. The number of nitrogens with one attached hydrogen (secondary N) is 1. The van der Waals surface area contributed by atoms with E-state index in [1.54, 1.807) is 48.5 Å². The Morgan fingerprint density at radius 1 is 1.19 bits per heavy atom. The van der Waals surface area contributed by atoms with E-state index in [0.29, 0.717) is 27.5 Å². The van der Waals surface area contributed by atoms with Crippen molar-refractivity contribution in [1.82, 2.24) is 19.8 Å². The Bertz CT molecular complexity index is 1730. The fourth-order valence-electron chi connectivity index (χ4n) is 4.72. The average molecular weight is 621 g/mol. The number of piperidine rings is 1. The van der Waals surface area contributed by atoms with E-state index in [1.165, 1.54) is 25.3 Å². The molecule has 5 rings (SSSR count). The number of amides is 1. The van der Waals surface area contributed by atoms with E-state index in [2.05, 4.69) is 42.2 Å². The maximum absolute atomic E-state index is 12.9. The maximum Gasteiger partial charge on any atom is 0.360 e. The van der Waals surface area contributed by atoms with Crippen LogP contribution in [0.5, 0.6) is 5.75 Å². The summed E-state index contributed by atoms with van der Waals surface area (Å²) in [6, 6.07) is 18.0. The van der Waals surface area contributed by atoms with E-state index in [-0.39, 0.29) is 28.9 Å². The highest BCUT2D eigenvalue weighted by Crippen LogP contribution is 2.36. The van der Waals surface area contributed by atoms with E-state index in [0.717, 1.165) is 36.8 Å². The molecule has 43 heavy (non-hydrogen) atoms. The first-order valence-electron chi connectivity index (χ1n) is 13.6. The number of nitrogens with zero attached hydrogens (tertiary/aromatic N) is 7. The topological polar surface area (TPSA) is 150 Å². The predicted molar refractivity (Wildman–Crippen MR) is 165 cm³/mol. The molecular weight excluding hydrogens is 592 g/mol. The number of methoxy groups -OCH3 is 1. The smallest absolute Gasteiger partial charge is 0.360 e. The molecule has 2 unspecified atom stereocenters. The van der Waals surface area contributed by atoms with Gasteiger partial charge >= 0.3 is 5.91 Å². The van der Waals surface area contributed by atoms with Crippen LogP contribution in [0.25, 0.3) is 11.0 Å². The summed E-state index contributed by atoms with van der Waals surface area (Å²) in [4.78, 5) is 28.2. The van der Waals surface area contributed by atoms with Crippen molar-refractivity contribution in [3.05, 3.63) is 77.3 Å². The lowest BCUT2D eigenvalue weighted by atomic mass is 10.1. The molecule has 0 aliphatic carbocycles. The normalized spacial score (nSPS) is 15.8. The molecule has 1 aromatic heterocycles. The molecule has 0 saturated carbocycles. The van der Waals surface area contributed by atoms with Crippen LogP contribution in [0.3, 0.4) is 0 Å². The van der Waals surface area contributed by atoms with Gasteiger partial charge in [-0.3, -0.25) is 13.3 Å². The molecule has 0 spiro atoms. The maximum atomic E-state index is 12.9. The quantitative estimate of drug-likeness (QED) is 0.145. The summed E-state index contributed by atoms with van der Waals surface area (Å²) in [7, 11) is 1.52. The molecule has 3 aromatic carbocycles. The van der Waals surface area contributed by atoms with Crippen LogP contribution in [0.1, 0.15) is 30.1 Å². The lowest BCUT2D eigenvalue weighted by Gasteiger charge is -2.27. The highest BCUT2D eigenvalue weighted by Gasteiger charge is 2.24. The third kappa shape index (κ3) is 7.22. The van der Waals surface area contributed by atoms with Gasteiger partial charge in [0.05, 0.1) is 51.4 Å². The van der Waals surface area contributed by atoms with Gasteiger partial charge in [0.15, 0.2) is 11.6 Å². The number of hydrogen-bond donors (Lipinski definition) is 1. The van der Waals surface area contributed by atoms with Crippen molar-refractivity contribution < 1.29 is 18.3 Å². The Hall–Kier alpha value is -4.26. The number of para-hydroxylation sites is 2. The van der Waals surface area contributed by atoms with Crippen molar-refractivity contribution in [3.8, 4) is 5.75 Å². The minimum Gasteiger partial charge on any atom is -0.755 e. The first kappa shape index (κ1) is 30.2. The number of benzene rings is 3. The van der Waals surface area contributed by atoms with Gasteiger partial charge in [-0.1, -0.05) is 36.7 Å². The molecule has 1 aliphatic heterocycles. The molecule has 0 radical (unpaired) electrons. The van der Waals surface area contributed by atoms with Crippen LogP contribution in [0.2, 0.25) is 5.02 Å². The number of anilines is 4. The fraction of sp³-hybridized carbons (Fsp3) is 0.276. The number of likely N-dealkylation sites (N-methyl/N-ethyl adjacent to an activating group) is 1. The number of rotatable bonds is 9. The lowest BCUT2D eigenvalue weighted by Crippen LogP contribution is -2.37. The molecule has 12 nitrogen and oxygen atoms in total. The SMILES string of the molecule is CCN1CCCC(N=[N+]=NC(=O)c2cccc(N(c3nc4ccccc4nc3Nc3cc(OC)ccc3Cl)S(=O)[O-])c2)C1. The number of carbonyl (C=O) groups is 1. The van der Waals surface area contributed by atoms with Crippen molar-refractivity contribution in [3.63, 3.8) is 0 Å². The summed E-state index contributed by atoms with van der Waals surface area (Å²) in [5, 5.41) is 11.4. The number of aromatic nitrogens is 2. The first-order valence-corrected chi connectivity index (χ1v) is 15.0. The molecule has 2 atom stereocenters. The molecule has 1 saturated heterocycles. The van der Waals surface area contributed by atoms with Crippen LogP contribution < -0.4 is 19.3 Å². The van der Waals surface area contributed by atoms with E-state index in [4.69, 9.17) is 16.3 Å². The Morgan fingerprint density at radius 2 is 1.98 bits per heavy atom. The van der Waals surface area contributed by atoms with Crippen molar-refractivity contribution in [1.29, 1.82) is 0 Å². The lowest BCUT2D eigenvalue weighted by molar-refractivity contribution is 0.0991. The molecule has 1 fully saturated rings. The summed E-state index contributed by atoms with van der Waals surface area (Å²) < 4.78 is 31.7. The third-order valence-corrected chi connectivity index (χ3v) is 7.94. The van der Waals surface area contributed by atoms with Crippen LogP contribution in [-0.4, -0.2) is 62.3 Å². The molecular formula is C29H29ClN8O4S. The van der Waals surface area contributed by atoms with Gasteiger partial charge in [-0.25, -0.2) is 9.97 Å². The van der Waals surface area contributed by atoms with Crippen molar-refractivity contribution >= 4 is 62.8 Å². The molecule has 14 heteroatoms. The number of hydrogen-bond acceptors (Lipinski definition) is 9. The molecule has 2 heterocycles. The summed E-state index contributed by atoms with van der Waals surface area (Å²) in [5.41, 5.74) is 1.68. The Kier molecular flexibility index (Phi) is 9.70. The van der Waals surface area contributed by atoms with E-state index in [9.17, 15) is 13.6 Å². The number of ether oxygens (including phenoxy) is 1. The zero-order chi connectivity index (χ0) is 30.3. The van der Waals surface area contributed by atoms with Gasteiger partial charge in [0.2, 0.25) is 10.0 Å². The minimum absolute atomic E-state index is 0.0227. The highest BCUT2D eigenvalue weighted by molar-refractivity contribution is 7.81. The Labute approximate surface area is 255 Å². The van der Waals surface area contributed by atoms with Crippen molar-refractivity contribution in [2.75, 3.05) is 36.4 Å². The van der Waals surface area contributed by atoms with E-state index < -0.39 is 17.2 Å². The molecule has 1 N–H and O–H groups in total. The molecule has 4 aromatic rings. The number of halogens is 1. The second-order valence-electron chi connectivity index (χ2n) is 9.72. The second kappa shape index (κ2) is 13.8. The summed E-state index contributed by atoms with van der Waals surface area (Å²) in [5.74, 6) is -0.0481. The summed E-state index contributed by atoms with van der Waals surface area (Å²) in [6.45, 7) is 4.81. The standard InChI is InChI=1S/C29H29ClN8O4S/c1-3-37-15-7-9-20(18-37)34-36-35-29(39)19-8-6-10-21(16-19)38(43(40)41)28-27(31-24-11-4-5-12-25(24)33-28)32-26-17-22(42-2)13-14-23(26)30/h4-6,8,10-14,16-17,20H,3,7,9,15,18H2,1-2H3,(H-,31,32,40,41). The van der Waals surface area contributed by atoms with Crippen molar-refractivity contribution in [2.24, 2.45) is 10.2 Å². The van der Waals surface area contributed by atoms with Crippen LogP contribution >= 0.6 is 11.6 Å². The van der Waals surface area contributed by atoms with Gasteiger partial charge in [-0.05, 0) is 68.4 Å². The average Bonchev–Trinajstić information content (AvgIpc) is 3.02.